The van der Waals surface area contributed by atoms with Gasteiger partial charge >= 0.3 is 0 Å². The zero-order chi connectivity index (χ0) is 21.7. The van der Waals surface area contributed by atoms with Crippen molar-refractivity contribution in [2.45, 2.75) is 45.2 Å². The lowest BCUT2D eigenvalue weighted by atomic mass is 9.88. The minimum absolute atomic E-state index is 0.0580. The number of amides is 2. The van der Waals surface area contributed by atoms with Crippen molar-refractivity contribution in [1.82, 2.24) is 10.6 Å². The van der Waals surface area contributed by atoms with Gasteiger partial charge in [-0.25, -0.2) is 0 Å². The fraction of sp³-hybridized carbons (Fsp3) is 0.417. The highest BCUT2D eigenvalue weighted by Crippen LogP contribution is 2.23. The van der Waals surface area contributed by atoms with E-state index < -0.39 is 6.04 Å². The lowest BCUT2D eigenvalue weighted by molar-refractivity contribution is -0.124. The number of hydrogen-bond donors (Lipinski definition) is 2. The van der Waals surface area contributed by atoms with E-state index in [0.717, 1.165) is 19.3 Å². The van der Waals surface area contributed by atoms with Crippen LogP contribution in [0.2, 0.25) is 0 Å². The molecule has 6 nitrogen and oxygen atoms in total. The molecular weight excluding hydrogens is 380 g/mol. The molecule has 0 radical (unpaired) electrons. The first-order valence-corrected chi connectivity index (χ1v) is 10.3. The summed E-state index contributed by atoms with van der Waals surface area (Å²) < 4.78 is 10.5. The lowest BCUT2D eigenvalue weighted by Gasteiger charge is -2.29. The van der Waals surface area contributed by atoms with Gasteiger partial charge in [-0.3, -0.25) is 9.59 Å². The van der Waals surface area contributed by atoms with Crippen LogP contribution in [0.3, 0.4) is 0 Å². The van der Waals surface area contributed by atoms with Crippen LogP contribution in [0.4, 0.5) is 0 Å². The molecule has 2 atom stereocenters. The van der Waals surface area contributed by atoms with Gasteiger partial charge in [0.15, 0.2) is 0 Å². The Morgan fingerprint density at radius 3 is 2.23 bits per heavy atom. The number of nitrogens with one attached hydrogen (secondary N) is 2. The van der Waals surface area contributed by atoms with E-state index >= 15 is 0 Å². The zero-order valence-electron chi connectivity index (χ0n) is 18.0. The minimum Gasteiger partial charge on any atom is -0.497 e. The van der Waals surface area contributed by atoms with Crippen LogP contribution in [-0.2, 0) is 17.6 Å². The molecule has 0 saturated carbocycles. The van der Waals surface area contributed by atoms with Gasteiger partial charge in [0.05, 0.1) is 14.2 Å². The summed E-state index contributed by atoms with van der Waals surface area (Å²) >= 11 is 0. The zero-order valence-corrected chi connectivity index (χ0v) is 18.0. The van der Waals surface area contributed by atoms with Crippen molar-refractivity contribution >= 4 is 11.8 Å². The number of methoxy groups -OCH3 is 2. The van der Waals surface area contributed by atoms with Crippen LogP contribution in [0.5, 0.6) is 11.5 Å². The van der Waals surface area contributed by atoms with Crippen molar-refractivity contribution < 1.29 is 19.1 Å². The fourth-order valence-electron chi connectivity index (χ4n) is 3.81. The van der Waals surface area contributed by atoms with Gasteiger partial charge in [-0.2, -0.15) is 0 Å². The van der Waals surface area contributed by atoms with Crippen LogP contribution in [0.1, 0.15) is 41.8 Å². The molecule has 2 amide bonds. The van der Waals surface area contributed by atoms with Gasteiger partial charge in [0, 0.05) is 17.7 Å². The number of benzene rings is 2. The Morgan fingerprint density at radius 1 is 1.00 bits per heavy atom. The van der Waals surface area contributed by atoms with Gasteiger partial charge in [0.2, 0.25) is 5.91 Å². The van der Waals surface area contributed by atoms with Crippen LogP contribution < -0.4 is 20.1 Å². The number of rotatable bonds is 7. The molecule has 2 unspecified atom stereocenters. The quantitative estimate of drug-likeness (QED) is 0.735. The number of ether oxygens (including phenoxy) is 2. The third-order valence-corrected chi connectivity index (χ3v) is 5.54. The number of aryl methyl sites for hydroxylation is 1. The molecule has 0 bridgehead atoms. The highest BCUT2D eigenvalue weighted by Gasteiger charge is 2.28. The van der Waals surface area contributed by atoms with E-state index in [-0.39, 0.29) is 23.8 Å². The summed E-state index contributed by atoms with van der Waals surface area (Å²) in [6.07, 6.45) is 2.66. The Bertz CT molecular complexity index is 888. The molecule has 0 saturated heterocycles. The highest BCUT2D eigenvalue weighted by molar-refractivity contribution is 5.98. The third kappa shape index (κ3) is 5.12. The number of carbonyl (C=O) groups excluding carboxylic acids is 2. The van der Waals surface area contributed by atoms with Gasteiger partial charge in [-0.1, -0.05) is 38.1 Å². The summed E-state index contributed by atoms with van der Waals surface area (Å²) in [6, 6.07) is 12.7. The maximum atomic E-state index is 13.0. The van der Waals surface area contributed by atoms with E-state index in [1.165, 1.54) is 25.3 Å². The van der Waals surface area contributed by atoms with Crippen LogP contribution in [0, 0.1) is 5.92 Å². The molecule has 30 heavy (non-hydrogen) atoms. The van der Waals surface area contributed by atoms with Crippen molar-refractivity contribution in [3.05, 3.63) is 59.2 Å². The van der Waals surface area contributed by atoms with Crippen LogP contribution in [0.25, 0.3) is 0 Å². The second-order valence-corrected chi connectivity index (χ2v) is 8.01. The van der Waals surface area contributed by atoms with Crippen LogP contribution in [0.15, 0.2) is 42.5 Å². The van der Waals surface area contributed by atoms with Gasteiger partial charge < -0.3 is 20.1 Å². The maximum absolute atomic E-state index is 13.0. The largest absolute Gasteiger partial charge is 0.497 e. The number of hydrogen-bond acceptors (Lipinski definition) is 4. The topological polar surface area (TPSA) is 76.7 Å². The fourth-order valence-corrected chi connectivity index (χ4v) is 3.81. The van der Waals surface area contributed by atoms with Gasteiger partial charge in [-0.15, -0.1) is 0 Å². The van der Waals surface area contributed by atoms with Gasteiger partial charge in [0.1, 0.15) is 17.5 Å². The molecule has 2 aromatic carbocycles. The summed E-state index contributed by atoms with van der Waals surface area (Å²) in [7, 11) is 3.06. The normalized spacial score (nSPS) is 16.4. The number of fused-ring (bicyclic) bond motifs is 1. The van der Waals surface area contributed by atoms with Gasteiger partial charge in [-0.05, 0) is 48.4 Å². The molecule has 2 N–H and O–H groups in total. The Kier molecular flexibility index (Phi) is 6.98. The molecule has 0 aliphatic heterocycles. The summed E-state index contributed by atoms with van der Waals surface area (Å²) in [5, 5.41) is 6.02. The molecular formula is C24H30N2O4. The van der Waals surface area contributed by atoms with E-state index in [2.05, 4.69) is 28.8 Å². The Morgan fingerprint density at radius 2 is 1.63 bits per heavy atom. The summed E-state index contributed by atoms with van der Waals surface area (Å²) in [6.45, 7) is 3.85. The first-order chi connectivity index (χ1) is 14.4. The van der Waals surface area contributed by atoms with E-state index in [4.69, 9.17) is 9.47 Å². The van der Waals surface area contributed by atoms with E-state index in [1.54, 1.807) is 18.2 Å². The van der Waals surface area contributed by atoms with E-state index in [1.807, 2.05) is 19.9 Å². The standard InChI is InChI=1S/C24H30N2O4/c1-15(2)22(26-23(27)18-12-20(29-3)14-21(13-18)30-4)24(28)25-19-10-9-16-7-5-6-8-17(16)11-19/h5-8,12-15,19,22H,9-11H2,1-4H3,(H,25,28)(H,26,27). The molecule has 6 heteroatoms. The smallest absolute Gasteiger partial charge is 0.252 e. The molecule has 0 spiro atoms. The van der Waals surface area contributed by atoms with Crippen LogP contribution >= 0.6 is 0 Å². The third-order valence-electron chi connectivity index (χ3n) is 5.54. The van der Waals surface area contributed by atoms with Crippen molar-refractivity contribution in [3.63, 3.8) is 0 Å². The summed E-state index contributed by atoms with van der Waals surface area (Å²) in [5.41, 5.74) is 3.02. The van der Waals surface area contributed by atoms with Crippen molar-refractivity contribution in [2.24, 2.45) is 5.92 Å². The predicted octanol–water partition coefficient (Wildman–Crippen LogP) is 3.13. The second-order valence-electron chi connectivity index (χ2n) is 8.01. The summed E-state index contributed by atoms with van der Waals surface area (Å²) in [5.74, 6) is 0.488. The Hall–Kier alpha value is -3.02. The maximum Gasteiger partial charge on any atom is 0.252 e. The number of carbonyl (C=O) groups is 2. The molecule has 1 aliphatic rings. The van der Waals surface area contributed by atoms with Crippen molar-refractivity contribution in [2.75, 3.05) is 14.2 Å². The predicted molar refractivity (Wildman–Crippen MR) is 116 cm³/mol. The van der Waals surface area contributed by atoms with E-state index in [0.29, 0.717) is 17.1 Å². The van der Waals surface area contributed by atoms with Crippen molar-refractivity contribution in [1.29, 1.82) is 0 Å². The molecule has 2 aromatic rings. The lowest BCUT2D eigenvalue weighted by Crippen LogP contribution is -2.53. The average molecular weight is 411 g/mol. The second kappa shape index (κ2) is 9.65. The first-order valence-electron chi connectivity index (χ1n) is 10.3. The molecule has 0 aromatic heterocycles. The summed E-state index contributed by atoms with van der Waals surface area (Å²) in [4.78, 5) is 25.9. The minimum atomic E-state index is -0.633. The SMILES string of the molecule is COc1cc(OC)cc(C(=O)NC(C(=O)NC2CCc3ccccc3C2)C(C)C)c1. The highest BCUT2D eigenvalue weighted by atomic mass is 16.5. The molecule has 0 fully saturated rings. The molecule has 160 valence electrons. The monoisotopic (exact) mass is 410 g/mol. The molecule has 3 rings (SSSR count). The Balaban J connectivity index is 1.68. The average Bonchev–Trinajstić information content (AvgIpc) is 2.76. The molecule has 0 heterocycles. The Labute approximate surface area is 178 Å². The van der Waals surface area contributed by atoms with E-state index in [9.17, 15) is 9.59 Å². The van der Waals surface area contributed by atoms with Gasteiger partial charge in [0.25, 0.3) is 5.91 Å². The molecule has 1 aliphatic carbocycles. The van der Waals surface area contributed by atoms with Crippen LogP contribution in [-0.4, -0.2) is 38.1 Å². The first kappa shape index (κ1) is 21.7. The van der Waals surface area contributed by atoms with Crippen molar-refractivity contribution in [3.8, 4) is 11.5 Å².